The van der Waals surface area contributed by atoms with Crippen molar-refractivity contribution in [1.29, 1.82) is 0 Å². The van der Waals surface area contributed by atoms with Gasteiger partial charge in [-0.05, 0) is 129 Å². The highest BCUT2D eigenvalue weighted by molar-refractivity contribution is 8.77. The predicted octanol–water partition coefficient (Wildman–Crippen LogP) is 10.8. The zero-order valence-electron chi connectivity index (χ0n) is 44.3. The molecular formula is C52H70N8O11S4. The molecule has 3 aliphatic rings. The van der Waals surface area contributed by atoms with Crippen molar-refractivity contribution in [2.75, 3.05) is 39.5 Å². The van der Waals surface area contributed by atoms with Gasteiger partial charge in [0.2, 0.25) is 0 Å². The van der Waals surface area contributed by atoms with Gasteiger partial charge in [-0.3, -0.25) is 19.5 Å². The molecule has 6 heterocycles. The van der Waals surface area contributed by atoms with Gasteiger partial charge in [-0.1, -0.05) is 103 Å². The van der Waals surface area contributed by atoms with Crippen molar-refractivity contribution < 1.29 is 52.5 Å². The topological polar surface area (TPSA) is 207 Å². The second kappa shape index (κ2) is 28.6. The van der Waals surface area contributed by atoms with Crippen LogP contribution in [-0.4, -0.2) is 150 Å². The Bertz CT molecular complexity index is 2530. The maximum absolute atomic E-state index is 13.0. The Labute approximate surface area is 455 Å². The highest BCUT2D eigenvalue weighted by atomic mass is 33.1. The van der Waals surface area contributed by atoms with Gasteiger partial charge in [-0.25, -0.2) is 29.1 Å². The average Bonchev–Trinajstić information content (AvgIpc) is 4.17. The number of hydrogen-bond acceptors (Lipinski definition) is 19. The number of para-hydroxylation sites is 1. The highest BCUT2D eigenvalue weighted by Crippen LogP contribution is 2.38. The molecule has 1 unspecified atom stereocenters. The van der Waals surface area contributed by atoms with Crippen LogP contribution in [0.25, 0.3) is 11.0 Å². The van der Waals surface area contributed by atoms with Crippen LogP contribution in [0.15, 0.2) is 107 Å². The molecule has 5 atom stereocenters. The molecular weight excluding hydrogens is 1040 g/mol. The first-order chi connectivity index (χ1) is 35.5. The molecule has 7 rings (SSSR count). The molecule has 3 aromatic heterocycles. The lowest BCUT2D eigenvalue weighted by Crippen LogP contribution is -2.51. The van der Waals surface area contributed by atoms with Gasteiger partial charge in [0.15, 0.2) is 6.23 Å². The van der Waals surface area contributed by atoms with E-state index in [2.05, 4.69) is 61.1 Å². The number of aromatic nitrogens is 5. The molecule has 0 bridgehead atoms. The number of benzene rings is 1. The molecule has 3 fully saturated rings. The highest BCUT2D eigenvalue weighted by Gasteiger charge is 2.46. The van der Waals surface area contributed by atoms with Gasteiger partial charge < -0.3 is 28.5 Å². The van der Waals surface area contributed by atoms with Crippen LogP contribution >= 0.6 is 43.2 Å². The van der Waals surface area contributed by atoms with Crippen LogP contribution in [0.5, 0.6) is 0 Å². The maximum atomic E-state index is 13.0. The summed E-state index contributed by atoms with van der Waals surface area (Å²) in [5.41, 5.74) is 1.89. The SMILES string of the molecule is C=C1C[C@@H](C2OCCN2C(=O)OC[C@@H](SSc2ccccn2)C(C)C)N(C(=O)OC(C)(C)C)C1.C=C1C[C@@H](C=O)N(C(=O)OC(C)(C)C)C1.CC(C)[C@@H](COC(=O)On1nnc2ccccc21)SSc1ccccn1. The van der Waals surface area contributed by atoms with Crippen LogP contribution in [0.3, 0.4) is 0 Å². The first kappa shape index (κ1) is 60.4. The lowest BCUT2D eigenvalue weighted by Gasteiger charge is -2.34. The van der Waals surface area contributed by atoms with E-state index in [1.165, 1.54) is 4.90 Å². The van der Waals surface area contributed by atoms with Crippen molar-refractivity contribution in [2.24, 2.45) is 11.8 Å². The summed E-state index contributed by atoms with van der Waals surface area (Å²) in [6.45, 7) is 29.2. The van der Waals surface area contributed by atoms with Crippen molar-refractivity contribution in [3.05, 3.63) is 97.4 Å². The summed E-state index contributed by atoms with van der Waals surface area (Å²) in [5.74, 6) is 0.622. The van der Waals surface area contributed by atoms with Gasteiger partial charge in [0.1, 0.15) is 51.8 Å². The number of likely N-dealkylation sites (tertiary alicyclic amines) is 2. The van der Waals surface area contributed by atoms with Gasteiger partial charge in [0.05, 0.1) is 35.7 Å². The summed E-state index contributed by atoms with van der Waals surface area (Å²) in [4.78, 5) is 79.6. The fourth-order valence-corrected chi connectivity index (χ4v) is 12.4. The third-order valence-electron chi connectivity index (χ3n) is 11.0. The Morgan fingerprint density at radius 1 is 0.720 bits per heavy atom. The Hall–Kier alpha value is -5.49. The molecule has 19 nitrogen and oxygen atoms in total. The fourth-order valence-electron chi connectivity index (χ4n) is 7.15. The predicted molar refractivity (Wildman–Crippen MR) is 293 cm³/mol. The number of hydrogen-bond donors (Lipinski definition) is 0. The Morgan fingerprint density at radius 2 is 1.25 bits per heavy atom. The number of carbonyl (C=O) groups excluding carboxylic acids is 5. The van der Waals surface area contributed by atoms with Gasteiger partial charge in [0.25, 0.3) is 0 Å². The van der Waals surface area contributed by atoms with E-state index in [9.17, 15) is 24.0 Å². The molecule has 0 radical (unpaired) electrons. The van der Waals surface area contributed by atoms with Gasteiger partial charge >= 0.3 is 24.4 Å². The van der Waals surface area contributed by atoms with Crippen molar-refractivity contribution in [1.82, 2.24) is 39.8 Å². The van der Waals surface area contributed by atoms with E-state index >= 15 is 0 Å². The lowest BCUT2D eigenvalue weighted by molar-refractivity contribution is -0.111. The van der Waals surface area contributed by atoms with Crippen LogP contribution in [0, 0.1) is 11.8 Å². The Morgan fingerprint density at radius 3 is 1.80 bits per heavy atom. The van der Waals surface area contributed by atoms with Gasteiger partial charge in [0, 0.05) is 25.5 Å². The zero-order chi connectivity index (χ0) is 54.9. The smallest absolute Gasteiger partial charge is 0.448 e. The second-order valence-corrected chi connectivity index (χ2v) is 25.2. The zero-order valence-corrected chi connectivity index (χ0v) is 47.6. The van der Waals surface area contributed by atoms with E-state index in [4.69, 9.17) is 28.5 Å². The van der Waals surface area contributed by atoms with E-state index in [1.54, 1.807) is 98.3 Å². The quantitative estimate of drug-likeness (QED) is 0.0271. The molecule has 0 N–H and O–H groups in total. The van der Waals surface area contributed by atoms with E-state index < -0.39 is 47.9 Å². The normalized spacial score (nSPS) is 18.5. The fraction of sp³-hybridized carbons (Fsp3) is 0.519. The third kappa shape index (κ3) is 19.5. The molecule has 3 aliphatic heterocycles. The van der Waals surface area contributed by atoms with E-state index in [0.717, 1.165) is 32.3 Å². The molecule has 0 saturated carbocycles. The lowest BCUT2D eigenvalue weighted by atomic mass is 10.1. The second-order valence-electron chi connectivity index (χ2n) is 20.3. The molecule has 0 aliphatic carbocycles. The van der Waals surface area contributed by atoms with Crippen molar-refractivity contribution in [2.45, 2.75) is 132 Å². The molecule has 4 aromatic rings. The monoisotopic (exact) mass is 1110 g/mol. The van der Waals surface area contributed by atoms with Crippen LogP contribution < -0.4 is 4.84 Å². The first-order valence-electron chi connectivity index (χ1n) is 24.5. The number of amides is 3. The number of nitrogens with zero attached hydrogens (tertiary/aromatic N) is 8. The van der Waals surface area contributed by atoms with Crippen LogP contribution in [0.4, 0.5) is 19.2 Å². The van der Waals surface area contributed by atoms with Crippen molar-refractivity contribution in [3.8, 4) is 0 Å². The molecule has 3 amide bonds. The van der Waals surface area contributed by atoms with Gasteiger partial charge in [-0.2, -0.15) is 0 Å². The number of fused-ring (bicyclic) bond motifs is 1. The minimum atomic E-state index is -0.810. The molecule has 1 aromatic carbocycles. The molecule has 23 heteroatoms. The van der Waals surface area contributed by atoms with Crippen LogP contribution in [0.1, 0.15) is 82.1 Å². The van der Waals surface area contributed by atoms with E-state index in [0.29, 0.717) is 62.0 Å². The van der Waals surface area contributed by atoms with E-state index in [1.807, 2.05) is 69.3 Å². The Kier molecular flexibility index (Phi) is 23.0. The molecule has 0 spiro atoms. The molecule has 408 valence electrons. The van der Waals surface area contributed by atoms with Gasteiger partial charge in [-0.15, -0.1) is 5.10 Å². The summed E-state index contributed by atoms with van der Waals surface area (Å²) in [7, 11) is 6.41. The van der Waals surface area contributed by atoms with Crippen molar-refractivity contribution >= 4 is 84.9 Å². The summed E-state index contributed by atoms with van der Waals surface area (Å²) >= 11 is 0. The number of rotatable bonds is 15. The number of carbonyl (C=O) groups is 5. The first-order valence-corrected chi connectivity index (χ1v) is 28.9. The number of ether oxygens (including phenoxy) is 5. The van der Waals surface area contributed by atoms with E-state index in [-0.39, 0.29) is 29.8 Å². The standard InChI is InChI=1S/C24H35N3O5S2.C17H18N4O3S2.C11H17NO3/c1-16(2)19(33-34-20-9-7-8-10-25-20)15-31-22(28)26-11-12-30-21(26)18-13-17(3)14-27(18)23(29)32-24(4,5)6;1-12(2)15(25-26-16-9-5-6-10-18-16)11-23-17(22)24-21-14-8-4-3-7-13(14)19-20-21;1-8-5-9(7-13)12(6-8)10(14)15-11(2,3)4/h7-10,16,18-19,21H,3,11-15H2,1-2,4-6H3;3-10,12,15H,11H2,1-2H3;7,9H,1,5-6H2,2-4H3/t18-,19+,21?;15-;9-/m010/s1. The Balaban J connectivity index is 0.000000224. The molecule has 3 saturated heterocycles. The average molecular weight is 1110 g/mol. The number of aldehydes is 1. The molecule has 75 heavy (non-hydrogen) atoms. The summed E-state index contributed by atoms with van der Waals surface area (Å²) in [6.07, 6.45) is 2.67. The third-order valence-corrected chi connectivity index (χ3v) is 16.9. The van der Waals surface area contributed by atoms with Crippen LogP contribution in [-0.2, 0) is 28.5 Å². The summed E-state index contributed by atoms with van der Waals surface area (Å²) in [5, 5.41) is 9.76. The maximum Gasteiger partial charge on any atom is 0.535 e. The largest absolute Gasteiger partial charge is 0.535 e. The summed E-state index contributed by atoms with van der Waals surface area (Å²) in [6, 6.07) is 18.0. The van der Waals surface area contributed by atoms with Crippen molar-refractivity contribution in [3.63, 3.8) is 0 Å². The summed E-state index contributed by atoms with van der Waals surface area (Å²) < 4.78 is 27.7. The number of pyridine rings is 2. The van der Waals surface area contributed by atoms with Crippen LogP contribution in [0.2, 0.25) is 0 Å². The minimum absolute atomic E-state index is 0.0991. The minimum Gasteiger partial charge on any atom is -0.448 e.